The minimum absolute atomic E-state index is 0.0183. The number of methoxy groups -OCH3 is 1. The van der Waals surface area contributed by atoms with Crippen LogP contribution in [0.2, 0.25) is 0 Å². The summed E-state index contributed by atoms with van der Waals surface area (Å²) >= 11 is 1.82. The van der Waals surface area contributed by atoms with Crippen molar-refractivity contribution in [3.05, 3.63) is 29.8 Å². The lowest BCUT2D eigenvalue weighted by Crippen LogP contribution is -2.32. The van der Waals surface area contributed by atoms with Crippen LogP contribution in [0, 0.1) is 0 Å². The Morgan fingerprint density at radius 2 is 2.05 bits per heavy atom. The lowest BCUT2D eigenvalue weighted by molar-refractivity contribution is -0.130. The van der Waals surface area contributed by atoms with Gasteiger partial charge in [0.15, 0.2) is 0 Å². The van der Waals surface area contributed by atoms with Crippen LogP contribution in [0.4, 0.5) is 0 Å². The van der Waals surface area contributed by atoms with E-state index in [2.05, 4.69) is 11.6 Å². The van der Waals surface area contributed by atoms with E-state index in [1.165, 1.54) is 0 Å². The minimum atomic E-state index is -0.0635. The number of hydrogen-bond donors (Lipinski definition) is 1. The van der Waals surface area contributed by atoms with Gasteiger partial charge in [0.1, 0.15) is 11.9 Å². The SMILES string of the molecule is CCC1NC(c2ccc(OC)cc2)N(CCCSC)C1=O. The maximum Gasteiger partial charge on any atom is 0.241 e. The molecule has 2 atom stereocenters. The standard InChI is InChI=1S/C16H24N2O2S/c1-4-14-16(19)18(10-5-11-21-3)15(17-14)12-6-8-13(20-2)9-7-12/h6-9,14-15,17H,4-5,10-11H2,1-3H3. The van der Waals surface area contributed by atoms with E-state index in [9.17, 15) is 4.79 Å². The first-order valence-corrected chi connectivity index (χ1v) is 8.80. The number of hydrogen-bond acceptors (Lipinski definition) is 4. The molecular weight excluding hydrogens is 284 g/mol. The van der Waals surface area contributed by atoms with E-state index in [1.54, 1.807) is 7.11 Å². The Morgan fingerprint density at radius 1 is 1.33 bits per heavy atom. The highest BCUT2D eigenvalue weighted by molar-refractivity contribution is 7.98. The number of nitrogens with one attached hydrogen (secondary N) is 1. The fourth-order valence-electron chi connectivity index (χ4n) is 2.65. The van der Waals surface area contributed by atoms with Gasteiger partial charge in [-0.25, -0.2) is 0 Å². The van der Waals surface area contributed by atoms with Gasteiger partial charge in [0.05, 0.1) is 13.2 Å². The molecule has 1 heterocycles. The van der Waals surface area contributed by atoms with Crippen molar-refractivity contribution in [3.63, 3.8) is 0 Å². The number of nitrogens with zero attached hydrogens (tertiary/aromatic N) is 1. The van der Waals surface area contributed by atoms with E-state index in [1.807, 2.05) is 47.9 Å². The van der Waals surface area contributed by atoms with Gasteiger partial charge in [0.25, 0.3) is 0 Å². The van der Waals surface area contributed by atoms with Crippen LogP contribution in [0.25, 0.3) is 0 Å². The Morgan fingerprint density at radius 3 is 2.62 bits per heavy atom. The summed E-state index contributed by atoms with van der Waals surface area (Å²) < 4.78 is 5.20. The number of benzene rings is 1. The average Bonchev–Trinajstić information content (AvgIpc) is 2.84. The number of thioether (sulfide) groups is 1. The van der Waals surface area contributed by atoms with E-state index in [4.69, 9.17) is 4.74 Å². The summed E-state index contributed by atoms with van der Waals surface area (Å²) in [6, 6.07) is 7.89. The molecule has 1 N–H and O–H groups in total. The summed E-state index contributed by atoms with van der Waals surface area (Å²) in [4.78, 5) is 14.4. The molecule has 0 saturated carbocycles. The second-order valence-electron chi connectivity index (χ2n) is 5.18. The molecule has 1 aliphatic rings. The first-order valence-electron chi connectivity index (χ1n) is 7.40. The fraction of sp³-hybridized carbons (Fsp3) is 0.562. The number of amides is 1. The number of carbonyl (C=O) groups is 1. The van der Waals surface area contributed by atoms with Gasteiger partial charge in [-0.3, -0.25) is 10.1 Å². The normalized spacial score (nSPS) is 21.9. The van der Waals surface area contributed by atoms with E-state index in [0.717, 1.165) is 36.5 Å². The molecule has 1 saturated heterocycles. The maximum absolute atomic E-state index is 12.5. The van der Waals surface area contributed by atoms with Crippen LogP contribution >= 0.6 is 11.8 Å². The lowest BCUT2D eigenvalue weighted by Gasteiger charge is -2.24. The van der Waals surface area contributed by atoms with Crippen LogP contribution in [-0.2, 0) is 4.79 Å². The molecule has 21 heavy (non-hydrogen) atoms. The smallest absolute Gasteiger partial charge is 0.241 e. The third-order valence-electron chi connectivity index (χ3n) is 3.84. The third-order valence-corrected chi connectivity index (χ3v) is 4.54. The predicted octanol–water partition coefficient (Wildman–Crippen LogP) is 2.66. The van der Waals surface area contributed by atoms with Gasteiger partial charge in [-0.15, -0.1) is 0 Å². The topological polar surface area (TPSA) is 41.6 Å². The second kappa shape index (κ2) is 7.71. The second-order valence-corrected chi connectivity index (χ2v) is 6.17. The Kier molecular flexibility index (Phi) is 5.94. The van der Waals surface area contributed by atoms with Gasteiger partial charge >= 0.3 is 0 Å². The molecule has 5 heteroatoms. The van der Waals surface area contributed by atoms with E-state index < -0.39 is 0 Å². The van der Waals surface area contributed by atoms with Gasteiger partial charge in [-0.1, -0.05) is 19.1 Å². The number of ether oxygens (including phenoxy) is 1. The highest BCUT2D eigenvalue weighted by Crippen LogP contribution is 2.28. The molecule has 0 aromatic heterocycles. The Bertz CT molecular complexity index is 464. The van der Waals surface area contributed by atoms with Gasteiger partial charge in [0.2, 0.25) is 5.91 Å². The van der Waals surface area contributed by atoms with Crippen molar-refractivity contribution < 1.29 is 9.53 Å². The van der Waals surface area contributed by atoms with Crippen LogP contribution in [0.3, 0.4) is 0 Å². The maximum atomic E-state index is 12.5. The highest BCUT2D eigenvalue weighted by Gasteiger charge is 2.37. The van der Waals surface area contributed by atoms with Crippen LogP contribution in [0.15, 0.2) is 24.3 Å². The van der Waals surface area contributed by atoms with Crippen molar-refractivity contribution in [3.8, 4) is 5.75 Å². The summed E-state index contributed by atoms with van der Waals surface area (Å²) in [5, 5.41) is 3.45. The monoisotopic (exact) mass is 308 g/mol. The van der Waals surface area contributed by atoms with E-state index in [0.29, 0.717) is 0 Å². The molecule has 116 valence electrons. The van der Waals surface area contributed by atoms with Gasteiger partial charge in [0, 0.05) is 6.54 Å². The van der Waals surface area contributed by atoms with Crippen LogP contribution < -0.4 is 10.1 Å². The van der Waals surface area contributed by atoms with Gasteiger partial charge < -0.3 is 9.64 Å². The molecule has 2 rings (SSSR count). The molecule has 1 aromatic carbocycles. The molecule has 1 aromatic rings. The lowest BCUT2D eigenvalue weighted by atomic mass is 10.1. The number of carbonyl (C=O) groups excluding carboxylic acids is 1. The van der Waals surface area contributed by atoms with Crippen LogP contribution in [-0.4, -0.2) is 42.5 Å². The zero-order chi connectivity index (χ0) is 15.2. The van der Waals surface area contributed by atoms with Crippen LogP contribution in [0.5, 0.6) is 5.75 Å². The van der Waals surface area contributed by atoms with Crippen molar-refractivity contribution in [1.82, 2.24) is 10.2 Å². The molecule has 0 bridgehead atoms. The summed E-state index contributed by atoms with van der Waals surface area (Å²) in [7, 11) is 1.66. The molecule has 2 unspecified atom stereocenters. The van der Waals surface area contributed by atoms with E-state index in [-0.39, 0.29) is 18.1 Å². The molecular formula is C16H24N2O2S. The predicted molar refractivity (Wildman–Crippen MR) is 87.7 cm³/mol. The molecule has 0 aliphatic carbocycles. The van der Waals surface area contributed by atoms with E-state index >= 15 is 0 Å². The highest BCUT2D eigenvalue weighted by atomic mass is 32.2. The molecule has 4 nitrogen and oxygen atoms in total. The zero-order valence-electron chi connectivity index (χ0n) is 13.0. The van der Waals surface area contributed by atoms with Crippen molar-refractivity contribution >= 4 is 17.7 Å². The Labute approximate surface area is 131 Å². The molecule has 0 radical (unpaired) electrons. The number of rotatable bonds is 7. The Hall–Kier alpha value is -1.20. The zero-order valence-corrected chi connectivity index (χ0v) is 13.8. The molecule has 1 fully saturated rings. The van der Waals surface area contributed by atoms with Gasteiger partial charge in [-0.2, -0.15) is 11.8 Å². The Balaban J connectivity index is 2.14. The fourth-order valence-corrected chi connectivity index (χ4v) is 3.07. The summed E-state index contributed by atoms with van der Waals surface area (Å²) in [6.45, 7) is 2.85. The van der Waals surface area contributed by atoms with Crippen molar-refractivity contribution in [2.24, 2.45) is 0 Å². The summed E-state index contributed by atoms with van der Waals surface area (Å²) in [5.74, 6) is 2.14. The summed E-state index contributed by atoms with van der Waals surface area (Å²) in [5.41, 5.74) is 1.12. The quantitative estimate of drug-likeness (QED) is 0.786. The molecule has 0 spiro atoms. The van der Waals surface area contributed by atoms with Crippen LogP contribution in [0.1, 0.15) is 31.5 Å². The third kappa shape index (κ3) is 3.71. The first kappa shape index (κ1) is 16.2. The first-order chi connectivity index (χ1) is 10.2. The van der Waals surface area contributed by atoms with Gasteiger partial charge in [-0.05, 0) is 42.5 Å². The molecule has 1 aliphatic heterocycles. The van der Waals surface area contributed by atoms with Crippen molar-refractivity contribution in [1.29, 1.82) is 0 Å². The van der Waals surface area contributed by atoms with Crippen molar-refractivity contribution in [2.45, 2.75) is 32.0 Å². The summed E-state index contributed by atoms with van der Waals surface area (Å²) in [6.07, 6.45) is 3.93. The van der Waals surface area contributed by atoms with Crippen molar-refractivity contribution in [2.75, 3.05) is 25.7 Å². The largest absolute Gasteiger partial charge is 0.497 e. The molecule has 1 amide bonds. The minimum Gasteiger partial charge on any atom is -0.497 e. The average molecular weight is 308 g/mol.